The van der Waals surface area contributed by atoms with E-state index < -0.39 is 4.92 Å². The van der Waals surface area contributed by atoms with E-state index in [-0.39, 0.29) is 22.9 Å². The fourth-order valence-electron chi connectivity index (χ4n) is 2.71. The number of piperazine rings is 1. The zero-order valence-electron chi connectivity index (χ0n) is 15.8. The van der Waals surface area contributed by atoms with E-state index in [9.17, 15) is 14.9 Å². The fraction of sp³-hybridized carbons (Fsp3) is 0.529. The Balaban J connectivity index is 1.94. The van der Waals surface area contributed by atoms with Crippen molar-refractivity contribution in [3.05, 3.63) is 27.8 Å². The molecule has 0 atom stereocenters. The molecule has 1 saturated heterocycles. The van der Waals surface area contributed by atoms with E-state index in [1.54, 1.807) is 0 Å². The molecule has 0 spiro atoms. The molecule has 1 aliphatic heterocycles. The molecule has 1 amide bonds. The number of nitro groups is 1. The lowest BCUT2D eigenvalue weighted by atomic mass is 10.1. The van der Waals surface area contributed by atoms with Crippen LogP contribution in [-0.4, -0.2) is 80.8 Å². The van der Waals surface area contributed by atoms with Crippen LogP contribution in [0.2, 0.25) is 0 Å². The highest BCUT2D eigenvalue weighted by Gasteiger charge is 2.18. The minimum Gasteiger partial charge on any atom is -0.493 e. The molecule has 10 nitrogen and oxygen atoms in total. The van der Waals surface area contributed by atoms with Crippen molar-refractivity contribution in [2.24, 2.45) is 5.10 Å². The van der Waals surface area contributed by atoms with Crippen LogP contribution in [-0.2, 0) is 4.79 Å². The molecule has 1 aliphatic rings. The summed E-state index contributed by atoms with van der Waals surface area (Å²) in [7, 11) is 4.91. The average molecular weight is 379 g/mol. The first-order valence-electron chi connectivity index (χ1n) is 8.57. The Bertz CT molecular complexity index is 701. The topological polar surface area (TPSA) is 110 Å². The number of hydrogen-bond acceptors (Lipinski definition) is 8. The van der Waals surface area contributed by atoms with Crippen molar-refractivity contribution in [3.8, 4) is 11.5 Å². The molecular formula is C17H25N5O5. The van der Waals surface area contributed by atoms with E-state index >= 15 is 0 Å². The lowest BCUT2D eigenvalue weighted by Crippen LogP contribution is -2.45. The first-order chi connectivity index (χ1) is 12.9. The molecule has 0 bridgehead atoms. The van der Waals surface area contributed by atoms with Gasteiger partial charge in [0, 0.05) is 39.1 Å². The Labute approximate surface area is 157 Å². The number of nitrogens with one attached hydrogen (secondary N) is 1. The third-order valence-electron chi connectivity index (χ3n) is 4.37. The summed E-state index contributed by atoms with van der Waals surface area (Å²) in [6, 6.07) is 2.70. The van der Waals surface area contributed by atoms with Crippen LogP contribution in [0.1, 0.15) is 12.0 Å². The minimum atomic E-state index is -0.543. The van der Waals surface area contributed by atoms with Gasteiger partial charge in [0.15, 0.2) is 11.5 Å². The Hall–Kier alpha value is -2.72. The molecular weight excluding hydrogens is 354 g/mol. The third-order valence-corrected chi connectivity index (χ3v) is 4.37. The zero-order chi connectivity index (χ0) is 19.8. The maximum Gasteiger partial charge on any atom is 0.282 e. The fourth-order valence-corrected chi connectivity index (χ4v) is 2.71. The highest BCUT2D eigenvalue weighted by molar-refractivity contribution is 5.88. The number of nitro benzene ring substituents is 1. The average Bonchev–Trinajstić information content (AvgIpc) is 2.66. The van der Waals surface area contributed by atoms with Gasteiger partial charge in [-0.15, -0.1) is 0 Å². The van der Waals surface area contributed by atoms with Gasteiger partial charge in [0.05, 0.1) is 37.0 Å². The van der Waals surface area contributed by atoms with E-state index in [1.807, 2.05) is 0 Å². The number of nitrogens with zero attached hydrogens (tertiary/aromatic N) is 4. The normalized spacial score (nSPS) is 15.7. The molecule has 0 aromatic heterocycles. The summed E-state index contributed by atoms with van der Waals surface area (Å²) in [4.78, 5) is 27.1. The quantitative estimate of drug-likeness (QED) is 0.402. The van der Waals surface area contributed by atoms with Crippen LogP contribution in [0.15, 0.2) is 17.2 Å². The molecule has 148 valence electrons. The number of rotatable bonds is 8. The third kappa shape index (κ3) is 5.90. The van der Waals surface area contributed by atoms with Gasteiger partial charge in [-0.1, -0.05) is 0 Å². The second-order valence-electron chi connectivity index (χ2n) is 6.21. The van der Waals surface area contributed by atoms with Crippen molar-refractivity contribution >= 4 is 17.8 Å². The number of carbonyl (C=O) groups is 1. The van der Waals surface area contributed by atoms with Gasteiger partial charge in [0.2, 0.25) is 5.91 Å². The zero-order valence-corrected chi connectivity index (χ0v) is 15.8. The standard InChI is InChI=1S/C17H25N5O5/c1-20-6-8-21(9-7-20)5-4-17(23)19-18-12-13-10-15(26-2)16(27-3)11-14(13)22(24)25/h10-12H,4-9H2,1-3H3,(H,19,23)/b18-12+. The predicted octanol–water partition coefficient (Wildman–Crippen LogP) is 0.700. The Morgan fingerprint density at radius 1 is 1.26 bits per heavy atom. The molecule has 0 saturated carbocycles. The van der Waals surface area contributed by atoms with E-state index in [0.717, 1.165) is 26.2 Å². The Morgan fingerprint density at radius 2 is 1.89 bits per heavy atom. The maximum absolute atomic E-state index is 11.9. The van der Waals surface area contributed by atoms with Crippen LogP contribution in [0.25, 0.3) is 0 Å². The Kier molecular flexibility index (Phi) is 7.50. The lowest BCUT2D eigenvalue weighted by Gasteiger charge is -2.32. The molecule has 1 aromatic rings. The minimum absolute atomic E-state index is 0.192. The first-order valence-corrected chi connectivity index (χ1v) is 8.57. The van der Waals surface area contributed by atoms with Crippen molar-refractivity contribution in [1.29, 1.82) is 0 Å². The smallest absolute Gasteiger partial charge is 0.282 e. The van der Waals surface area contributed by atoms with Crippen LogP contribution >= 0.6 is 0 Å². The summed E-state index contributed by atoms with van der Waals surface area (Å²) in [5, 5.41) is 15.1. The van der Waals surface area contributed by atoms with Crippen LogP contribution in [0.4, 0.5) is 5.69 Å². The number of likely N-dealkylation sites (N-methyl/N-ethyl adjacent to an activating group) is 1. The van der Waals surface area contributed by atoms with Gasteiger partial charge in [-0.25, -0.2) is 5.43 Å². The van der Waals surface area contributed by atoms with Crippen LogP contribution in [0.3, 0.4) is 0 Å². The summed E-state index contributed by atoms with van der Waals surface area (Å²) in [5.74, 6) is 0.344. The molecule has 0 unspecified atom stereocenters. The van der Waals surface area contributed by atoms with E-state index in [2.05, 4.69) is 27.4 Å². The molecule has 0 radical (unpaired) electrons. The van der Waals surface area contributed by atoms with Crippen LogP contribution < -0.4 is 14.9 Å². The van der Waals surface area contributed by atoms with Gasteiger partial charge in [0.1, 0.15) is 0 Å². The number of hydrogen-bond donors (Lipinski definition) is 1. The highest BCUT2D eigenvalue weighted by Crippen LogP contribution is 2.33. The molecule has 27 heavy (non-hydrogen) atoms. The lowest BCUT2D eigenvalue weighted by molar-refractivity contribution is -0.385. The molecule has 2 rings (SSSR count). The van der Waals surface area contributed by atoms with Gasteiger partial charge in [-0.2, -0.15) is 5.10 Å². The second-order valence-corrected chi connectivity index (χ2v) is 6.21. The molecule has 1 aromatic carbocycles. The Morgan fingerprint density at radius 3 is 2.48 bits per heavy atom. The summed E-state index contributed by atoms with van der Waals surface area (Å²) in [6.45, 7) is 4.51. The molecule has 10 heteroatoms. The van der Waals surface area contributed by atoms with E-state index in [1.165, 1.54) is 32.6 Å². The molecule has 0 aliphatic carbocycles. The van der Waals surface area contributed by atoms with Crippen molar-refractivity contribution in [2.45, 2.75) is 6.42 Å². The number of amides is 1. The first kappa shape index (κ1) is 20.6. The largest absolute Gasteiger partial charge is 0.493 e. The van der Waals surface area contributed by atoms with Gasteiger partial charge >= 0.3 is 0 Å². The van der Waals surface area contributed by atoms with E-state index in [4.69, 9.17) is 9.47 Å². The number of carbonyl (C=O) groups excluding carboxylic acids is 1. The van der Waals surface area contributed by atoms with Gasteiger partial charge in [0.25, 0.3) is 5.69 Å². The summed E-state index contributed by atoms with van der Waals surface area (Å²) >= 11 is 0. The van der Waals surface area contributed by atoms with Crippen LogP contribution in [0, 0.1) is 10.1 Å². The van der Waals surface area contributed by atoms with Crippen molar-refractivity contribution in [1.82, 2.24) is 15.2 Å². The molecule has 1 N–H and O–H groups in total. The van der Waals surface area contributed by atoms with Gasteiger partial charge < -0.3 is 19.3 Å². The number of ether oxygens (including phenoxy) is 2. The maximum atomic E-state index is 11.9. The second kappa shape index (κ2) is 9.83. The summed E-state index contributed by atoms with van der Waals surface area (Å²) in [6.07, 6.45) is 1.54. The SMILES string of the molecule is COc1cc(/C=N/NC(=O)CCN2CCN(C)CC2)c([N+](=O)[O-])cc1OC. The van der Waals surface area contributed by atoms with Gasteiger partial charge in [-0.3, -0.25) is 14.9 Å². The highest BCUT2D eigenvalue weighted by atomic mass is 16.6. The van der Waals surface area contributed by atoms with Crippen LogP contribution in [0.5, 0.6) is 11.5 Å². The molecule has 1 fully saturated rings. The van der Waals surface area contributed by atoms with Gasteiger partial charge in [-0.05, 0) is 13.1 Å². The summed E-state index contributed by atoms with van der Waals surface area (Å²) < 4.78 is 10.2. The van der Waals surface area contributed by atoms with E-state index in [0.29, 0.717) is 18.7 Å². The number of hydrazone groups is 1. The number of methoxy groups -OCH3 is 2. The monoisotopic (exact) mass is 379 g/mol. The molecule has 1 heterocycles. The summed E-state index contributed by atoms with van der Waals surface area (Å²) in [5.41, 5.74) is 2.42. The predicted molar refractivity (Wildman–Crippen MR) is 100 cm³/mol. The van der Waals surface area contributed by atoms with Crippen molar-refractivity contribution < 1.29 is 19.2 Å². The number of benzene rings is 1. The van der Waals surface area contributed by atoms with Crippen molar-refractivity contribution in [2.75, 3.05) is 54.0 Å². The van der Waals surface area contributed by atoms with Crippen molar-refractivity contribution in [3.63, 3.8) is 0 Å².